The van der Waals surface area contributed by atoms with Crippen LogP contribution in [0.5, 0.6) is 0 Å². The molecule has 1 aliphatic heterocycles. The third-order valence-electron chi connectivity index (χ3n) is 3.92. The lowest BCUT2D eigenvalue weighted by molar-refractivity contribution is -0.126. The number of piperidine rings is 1. The van der Waals surface area contributed by atoms with E-state index in [9.17, 15) is 17.6 Å². The normalized spacial score (nSPS) is 19.1. The van der Waals surface area contributed by atoms with Crippen LogP contribution in [0.3, 0.4) is 0 Å². The molecule has 3 N–H and O–H groups in total. The molecule has 1 saturated heterocycles. The van der Waals surface area contributed by atoms with E-state index in [1.807, 2.05) is 0 Å². The summed E-state index contributed by atoms with van der Waals surface area (Å²) in [6.45, 7) is 4.41. The van der Waals surface area contributed by atoms with Crippen LogP contribution in [-0.2, 0) is 14.8 Å². The Hall–Kier alpha value is -1.22. The number of nitrogens with zero attached hydrogens (tertiary/aromatic N) is 1. The number of nitrogens with one attached hydrogen (secondary N) is 1. The number of hydrogen-bond donors (Lipinski definition) is 2. The first kappa shape index (κ1) is 21.8. The Morgan fingerprint density at radius 1 is 1.36 bits per heavy atom. The molecule has 1 aliphatic rings. The third-order valence-corrected chi connectivity index (χ3v) is 5.80. The standard InChI is InChI=1S/C16H24FN3O3S.ClH/c1-16(2,18)11-19-15(21)12-4-3-9-20(10-12)24(22,23)14-7-5-13(17)6-8-14;/h5-8,12H,3-4,9-11,18H2,1-2H3,(H,19,21);1H. The van der Waals surface area contributed by atoms with E-state index in [0.29, 0.717) is 25.9 Å². The fourth-order valence-electron chi connectivity index (χ4n) is 2.59. The zero-order valence-electron chi connectivity index (χ0n) is 14.4. The average molecular weight is 394 g/mol. The van der Waals surface area contributed by atoms with Gasteiger partial charge < -0.3 is 11.1 Å². The van der Waals surface area contributed by atoms with Gasteiger partial charge in [0.1, 0.15) is 5.82 Å². The highest BCUT2D eigenvalue weighted by Crippen LogP contribution is 2.24. The molecule has 2 rings (SSSR count). The van der Waals surface area contributed by atoms with Gasteiger partial charge in [0.25, 0.3) is 0 Å². The molecule has 1 atom stereocenters. The highest BCUT2D eigenvalue weighted by molar-refractivity contribution is 7.89. The highest BCUT2D eigenvalue weighted by Gasteiger charge is 2.33. The van der Waals surface area contributed by atoms with Crippen molar-refractivity contribution < 1.29 is 17.6 Å². The minimum atomic E-state index is -3.73. The van der Waals surface area contributed by atoms with Gasteiger partial charge in [-0.15, -0.1) is 12.4 Å². The summed E-state index contributed by atoms with van der Waals surface area (Å²) in [6, 6.07) is 4.71. The quantitative estimate of drug-likeness (QED) is 0.792. The smallest absolute Gasteiger partial charge is 0.243 e. The molecule has 1 fully saturated rings. The van der Waals surface area contributed by atoms with Crippen molar-refractivity contribution in [2.45, 2.75) is 37.1 Å². The number of nitrogens with two attached hydrogens (primary N) is 1. The van der Waals surface area contributed by atoms with Gasteiger partial charge in [0, 0.05) is 25.2 Å². The highest BCUT2D eigenvalue weighted by atomic mass is 35.5. The number of halogens is 2. The average Bonchev–Trinajstić information content (AvgIpc) is 2.52. The second-order valence-electron chi connectivity index (χ2n) is 6.86. The molecule has 0 aromatic heterocycles. The molecule has 1 aromatic rings. The lowest BCUT2D eigenvalue weighted by Gasteiger charge is -2.31. The Morgan fingerprint density at radius 2 is 1.96 bits per heavy atom. The summed E-state index contributed by atoms with van der Waals surface area (Å²) < 4.78 is 39.6. The Labute approximate surface area is 154 Å². The van der Waals surface area contributed by atoms with Gasteiger partial charge in [0.05, 0.1) is 10.8 Å². The summed E-state index contributed by atoms with van der Waals surface area (Å²) in [6.07, 6.45) is 1.23. The number of carbonyl (C=O) groups excluding carboxylic acids is 1. The molecule has 142 valence electrons. The maximum Gasteiger partial charge on any atom is 0.243 e. The van der Waals surface area contributed by atoms with Gasteiger partial charge in [-0.05, 0) is 51.0 Å². The lowest BCUT2D eigenvalue weighted by Crippen LogP contribution is -2.50. The van der Waals surface area contributed by atoms with E-state index in [-0.39, 0.29) is 29.8 Å². The fraction of sp³-hybridized carbons (Fsp3) is 0.562. The van der Waals surface area contributed by atoms with Crippen LogP contribution in [0.4, 0.5) is 4.39 Å². The second-order valence-corrected chi connectivity index (χ2v) is 8.80. The zero-order valence-corrected chi connectivity index (χ0v) is 16.0. The number of carbonyl (C=O) groups is 1. The molecule has 0 aliphatic carbocycles. The first-order chi connectivity index (χ1) is 11.1. The third kappa shape index (κ3) is 5.91. The molecule has 0 saturated carbocycles. The van der Waals surface area contributed by atoms with Crippen molar-refractivity contribution in [1.82, 2.24) is 9.62 Å². The lowest BCUT2D eigenvalue weighted by atomic mass is 9.98. The van der Waals surface area contributed by atoms with Gasteiger partial charge >= 0.3 is 0 Å². The van der Waals surface area contributed by atoms with Gasteiger partial charge in [-0.25, -0.2) is 12.8 Å². The van der Waals surface area contributed by atoms with Crippen molar-refractivity contribution in [3.05, 3.63) is 30.1 Å². The number of amides is 1. The first-order valence-electron chi connectivity index (χ1n) is 7.92. The molecule has 0 bridgehead atoms. The van der Waals surface area contributed by atoms with Crippen LogP contribution in [-0.4, -0.2) is 43.8 Å². The van der Waals surface area contributed by atoms with Gasteiger partial charge in [-0.2, -0.15) is 4.31 Å². The van der Waals surface area contributed by atoms with Crippen LogP contribution in [0.25, 0.3) is 0 Å². The van der Waals surface area contributed by atoms with Crippen molar-refractivity contribution in [2.24, 2.45) is 11.7 Å². The summed E-state index contributed by atoms with van der Waals surface area (Å²) in [7, 11) is -3.73. The zero-order chi connectivity index (χ0) is 18.0. The predicted octanol–water partition coefficient (Wildman–Crippen LogP) is 1.50. The van der Waals surface area contributed by atoms with E-state index in [4.69, 9.17) is 5.73 Å². The number of hydrogen-bond acceptors (Lipinski definition) is 4. The molecule has 6 nitrogen and oxygen atoms in total. The van der Waals surface area contributed by atoms with Gasteiger partial charge in [0.2, 0.25) is 15.9 Å². The Morgan fingerprint density at radius 3 is 2.52 bits per heavy atom. The van der Waals surface area contributed by atoms with Crippen molar-refractivity contribution in [3.63, 3.8) is 0 Å². The molecule has 0 spiro atoms. The molecule has 25 heavy (non-hydrogen) atoms. The van der Waals surface area contributed by atoms with Crippen LogP contribution in [0, 0.1) is 11.7 Å². The van der Waals surface area contributed by atoms with Crippen LogP contribution < -0.4 is 11.1 Å². The molecule has 1 aromatic carbocycles. The van der Waals surface area contributed by atoms with Crippen molar-refractivity contribution in [1.29, 1.82) is 0 Å². The predicted molar refractivity (Wildman–Crippen MR) is 96.4 cm³/mol. The Kier molecular flexibility index (Phi) is 7.37. The van der Waals surface area contributed by atoms with Crippen molar-refractivity contribution >= 4 is 28.3 Å². The first-order valence-corrected chi connectivity index (χ1v) is 9.36. The summed E-state index contributed by atoms with van der Waals surface area (Å²) in [5.74, 6) is -1.09. The van der Waals surface area contributed by atoms with Gasteiger partial charge in [-0.1, -0.05) is 0 Å². The van der Waals surface area contributed by atoms with Crippen molar-refractivity contribution in [3.8, 4) is 0 Å². The number of benzene rings is 1. The molecule has 0 radical (unpaired) electrons. The maximum absolute atomic E-state index is 13.0. The van der Waals surface area contributed by atoms with E-state index >= 15 is 0 Å². The summed E-state index contributed by atoms with van der Waals surface area (Å²) >= 11 is 0. The largest absolute Gasteiger partial charge is 0.354 e. The minimum Gasteiger partial charge on any atom is -0.354 e. The summed E-state index contributed by atoms with van der Waals surface area (Å²) in [5.41, 5.74) is 5.32. The number of sulfonamides is 1. The van der Waals surface area contributed by atoms with E-state index in [1.54, 1.807) is 13.8 Å². The molecular weight excluding hydrogens is 369 g/mol. The van der Waals surface area contributed by atoms with E-state index in [2.05, 4.69) is 5.32 Å². The summed E-state index contributed by atoms with van der Waals surface area (Å²) in [4.78, 5) is 12.3. The maximum atomic E-state index is 13.0. The Balaban J connectivity index is 0.00000312. The van der Waals surface area contributed by atoms with Crippen LogP contribution in [0.1, 0.15) is 26.7 Å². The molecule has 1 unspecified atom stereocenters. The van der Waals surface area contributed by atoms with Crippen LogP contribution in [0.15, 0.2) is 29.2 Å². The van der Waals surface area contributed by atoms with Gasteiger partial charge in [-0.3, -0.25) is 4.79 Å². The van der Waals surface area contributed by atoms with Crippen LogP contribution in [0.2, 0.25) is 0 Å². The molecule has 9 heteroatoms. The topological polar surface area (TPSA) is 92.5 Å². The Bertz CT molecular complexity index is 690. The number of rotatable bonds is 5. The molecule has 1 amide bonds. The van der Waals surface area contributed by atoms with E-state index in [1.165, 1.54) is 16.4 Å². The molecular formula is C16H25ClFN3O3S. The van der Waals surface area contributed by atoms with E-state index < -0.39 is 27.3 Å². The van der Waals surface area contributed by atoms with Crippen molar-refractivity contribution in [2.75, 3.05) is 19.6 Å². The second kappa shape index (κ2) is 8.44. The van der Waals surface area contributed by atoms with Gasteiger partial charge in [0.15, 0.2) is 0 Å². The fourth-order valence-corrected chi connectivity index (χ4v) is 4.11. The monoisotopic (exact) mass is 393 g/mol. The minimum absolute atomic E-state index is 0. The summed E-state index contributed by atoms with van der Waals surface area (Å²) in [5, 5.41) is 2.78. The van der Waals surface area contributed by atoms with Crippen LogP contribution >= 0.6 is 12.4 Å². The molecule has 1 heterocycles. The van der Waals surface area contributed by atoms with E-state index in [0.717, 1.165) is 12.1 Å². The SMILES string of the molecule is CC(C)(N)CNC(=O)C1CCCN(S(=O)(=O)c2ccc(F)cc2)C1.Cl.